The van der Waals surface area contributed by atoms with Gasteiger partial charge in [0.15, 0.2) is 6.04 Å². The van der Waals surface area contributed by atoms with Gasteiger partial charge in [-0.25, -0.2) is 0 Å². The topological polar surface area (TPSA) is 55.7 Å². The molecule has 1 amide bonds. The van der Waals surface area contributed by atoms with E-state index in [-0.39, 0.29) is 11.9 Å². The summed E-state index contributed by atoms with van der Waals surface area (Å²) in [6, 6.07) is 17.7. The van der Waals surface area contributed by atoms with Crippen molar-refractivity contribution in [2.24, 2.45) is 0 Å². The molecule has 1 fully saturated rings. The van der Waals surface area contributed by atoms with E-state index in [4.69, 9.17) is 4.74 Å². The van der Waals surface area contributed by atoms with Crippen LogP contribution in [0.2, 0.25) is 0 Å². The van der Waals surface area contributed by atoms with Crippen molar-refractivity contribution in [2.75, 3.05) is 31.6 Å². The molecule has 2 aromatic heterocycles. The molecule has 0 bridgehead atoms. The van der Waals surface area contributed by atoms with Gasteiger partial charge in [-0.05, 0) is 36.8 Å². The lowest BCUT2D eigenvalue weighted by atomic mass is 10.0. The first-order valence-electron chi connectivity index (χ1n) is 10.1. The van der Waals surface area contributed by atoms with E-state index >= 15 is 0 Å². The largest absolute Gasteiger partial charge is 0.370 e. The third kappa shape index (κ3) is 4.56. The molecule has 150 valence electrons. The van der Waals surface area contributed by atoms with E-state index in [2.05, 4.69) is 29.4 Å². The molecular formula is C23H26N3O2S+. The maximum atomic E-state index is 12.9. The maximum Gasteiger partial charge on any atom is 0.256 e. The molecule has 1 unspecified atom stereocenters. The Kier molecular flexibility index (Phi) is 6.34. The first-order chi connectivity index (χ1) is 14.3. The second-order valence-corrected chi connectivity index (χ2v) is 8.27. The SMILES string of the molecule is CCc1cc(C(c2ccccn2)[NH+]2CCOCC2)c(NC(=O)c2ccccc2)s1. The molecule has 1 atom stereocenters. The number of aromatic nitrogens is 1. The number of nitrogens with zero attached hydrogens (tertiary/aromatic N) is 1. The Morgan fingerprint density at radius 1 is 1.17 bits per heavy atom. The fraction of sp³-hybridized carbons (Fsp3) is 0.304. The summed E-state index contributed by atoms with van der Waals surface area (Å²) >= 11 is 1.67. The number of rotatable bonds is 6. The number of aryl methyl sites for hydroxylation is 1. The van der Waals surface area contributed by atoms with E-state index in [1.54, 1.807) is 11.3 Å². The van der Waals surface area contributed by atoms with E-state index in [0.717, 1.165) is 49.0 Å². The van der Waals surface area contributed by atoms with Crippen molar-refractivity contribution >= 4 is 22.2 Å². The zero-order valence-corrected chi connectivity index (χ0v) is 17.4. The van der Waals surface area contributed by atoms with Crippen LogP contribution >= 0.6 is 11.3 Å². The third-order valence-corrected chi connectivity index (χ3v) is 6.47. The van der Waals surface area contributed by atoms with Crippen LogP contribution in [0.1, 0.15) is 39.5 Å². The van der Waals surface area contributed by atoms with E-state index in [0.29, 0.717) is 5.56 Å². The number of carbonyl (C=O) groups is 1. The molecule has 0 aliphatic carbocycles. The van der Waals surface area contributed by atoms with Gasteiger partial charge < -0.3 is 15.0 Å². The van der Waals surface area contributed by atoms with Gasteiger partial charge in [0, 0.05) is 16.6 Å². The minimum atomic E-state index is -0.0758. The second kappa shape index (κ2) is 9.31. The van der Waals surface area contributed by atoms with Gasteiger partial charge in [-0.1, -0.05) is 31.2 Å². The van der Waals surface area contributed by atoms with E-state index in [1.165, 1.54) is 9.78 Å². The lowest BCUT2D eigenvalue weighted by Crippen LogP contribution is -3.14. The summed E-state index contributed by atoms with van der Waals surface area (Å²) < 4.78 is 5.59. The number of quaternary nitrogens is 1. The molecule has 6 heteroatoms. The number of pyridine rings is 1. The second-order valence-electron chi connectivity index (χ2n) is 7.13. The number of hydrogen-bond acceptors (Lipinski definition) is 4. The molecule has 0 radical (unpaired) electrons. The highest BCUT2D eigenvalue weighted by Gasteiger charge is 2.32. The molecule has 3 aromatic rings. The summed E-state index contributed by atoms with van der Waals surface area (Å²) in [6.45, 7) is 5.48. The molecule has 4 rings (SSSR count). The van der Waals surface area contributed by atoms with Gasteiger partial charge in [-0.15, -0.1) is 11.3 Å². The van der Waals surface area contributed by atoms with Crippen molar-refractivity contribution in [3.05, 3.63) is 82.5 Å². The van der Waals surface area contributed by atoms with Crippen LogP contribution in [0.15, 0.2) is 60.8 Å². The number of amides is 1. The first-order valence-corrected chi connectivity index (χ1v) is 10.9. The van der Waals surface area contributed by atoms with E-state index in [9.17, 15) is 4.79 Å². The molecule has 1 aliphatic rings. The quantitative estimate of drug-likeness (QED) is 0.659. The summed E-state index contributed by atoms with van der Waals surface area (Å²) in [7, 11) is 0. The summed E-state index contributed by atoms with van der Waals surface area (Å²) in [5.74, 6) is -0.0758. The lowest BCUT2D eigenvalue weighted by molar-refractivity contribution is -0.933. The average Bonchev–Trinajstić information content (AvgIpc) is 3.18. The van der Waals surface area contributed by atoms with Crippen molar-refractivity contribution in [3.8, 4) is 0 Å². The molecule has 1 aliphatic heterocycles. The first kappa shape index (κ1) is 19.8. The van der Waals surface area contributed by atoms with Gasteiger partial charge >= 0.3 is 0 Å². The standard InChI is InChI=1S/C23H25N3O2S/c1-2-18-16-19(23(29-18)25-22(27)17-8-4-3-5-9-17)21(20-10-6-7-11-24-20)26-12-14-28-15-13-26/h3-11,16,21H,2,12-15H2,1H3,(H,25,27)/p+1. The van der Waals surface area contributed by atoms with Crippen LogP contribution in [-0.2, 0) is 11.2 Å². The summed E-state index contributed by atoms with van der Waals surface area (Å²) in [4.78, 5) is 20.2. The minimum absolute atomic E-state index is 0.0720. The normalized spacial score (nSPS) is 15.8. The summed E-state index contributed by atoms with van der Waals surface area (Å²) in [6.07, 6.45) is 2.78. The predicted octanol–water partition coefficient (Wildman–Crippen LogP) is 2.96. The van der Waals surface area contributed by atoms with E-state index < -0.39 is 0 Å². The Labute approximate surface area is 175 Å². The van der Waals surface area contributed by atoms with Gasteiger partial charge in [0.1, 0.15) is 23.8 Å². The van der Waals surface area contributed by atoms with Gasteiger partial charge in [-0.3, -0.25) is 9.78 Å². The monoisotopic (exact) mass is 408 g/mol. The van der Waals surface area contributed by atoms with Gasteiger partial charge in [0.05, 0.1) is 18.8 Å². The van der Waals surface area contributed by atoms with Gasteiger partial charge in [-0.2, -0.15) is 0 Å². The zero-order valence-electron chi connectivity index (χ0n) is 16.6. The van der Waals surface area contributed by atoms with Crippen molar-refractivity contribution in [3.63, 3.8) is 0 Å². The number of hydrogen-bond donors (Lipinski definition) is 2. The van der Waals surface area contributed by atoms with Crippen molar-refractivity contribution < 1.29 is 14.4 Å². The summed E-state index contributed by atoms with van der Waals surface area (Å²) in [5, 5.41) is 4.10. The van der Waals surface area contributed by atoms with Crippen LogP contribution in [-0.4, -0.2) is 37.2 Å². The molecule has 2 N–H and O–H groups in total. The van der Waals surface area contributed by atoms with Gasteiger partial charge in [0.2, 0.25) is 0 Å². The molecule has 1 aromatic carbocycles. The number of nitrogens with one attached hydrogen (secondary N) is 2. The highest BCUT2D eigenvalue weighted by atomic mass is 32.1. The van der Waals surface area contributed by atoms with Crippen LogP contribution in [0.5, 0.6) is 0 Å². The van der Waals surface area contributed by atoms with E-state index in [1.807, 2.05) is 48.7 Å². The van der Waals surface area contributed by atoms with Gasteiger partial charge in [0.25, 0.3) is 5.91 Å². The number of morpholine rings is 1. The van der Waals surface area contributed by atoms with Crippen LogP contribution in [0.4, 0.5) is 5.00 Å². The number of ether oxygens (including phenoxy) is 1. The molecule has 29 heavy (non-hydrogen) atoms. The predicted molar refractivity (Wildman–Crippen MR) is 116 cm³/mol. The number of carbonyl (C=O) groups excluding carboxylic acids is 1. The zero-order chi connectivity index (χ0) is 20.1. The molecule has 0 spiro atoms. The Bertz CT molecular complexity index is 937. The van der Waals surface area contributed by atoms with Crippen molar-refractivity contribution in [1.82, 2.24) is 4.98 Å². The van der Waals surface area contributed by atoms with Crippen molar-refractivity contribution in [1.29, 1.82) is 0 Å². The molecular weight excluding hydrogens is 382 g/mol. The maximum absolute atomic E-state index is 12.9. The molecule has 0 saturated carbocycles. The Morgan fingerprint density at radius 2 is 1.93 bits per heavy atom. The average molecular weight is 409 g/mol. The van der Waals surface area contributed by atoms with Crippen LogP contribution in [0.3, 0.4) is 0 Å². The number of anilines is 1. The summed E-state index contributed by atoms with van der Waals surface area (Å²) in [5.41, 5.74) is 2.84. The molecule has 1 saturated heterocycles. The fourth-order valence-corrected chi connectivity index (χ4v) is 4.80. The lowest BCUT2D eigenvalue weighted by Gasteiger charge is -2.31. The van der Waals surface area contributed by atoms with Crippen LogP contribution < -0.4 is 10.2 Å². The highest BCUT2D eigenvalue weighted by Crippen LogP contribution is 2.35. The highest BCUT2D eigenvalue weighted by molar-refractivity contribution is 7.16. The Balaban J connectivity index is 1.72. The number of benzene rings is 1. The molecule has 5 nitrogen and oxygen atoms in total. The smallest absolute Gasteiger partial charge is 0.256 e. The minimum Gasteiger partial charge on any atom is -0.370 e. The van der Waals surface area contributed by atoms with Crippen LogP contribution in [0, 0.1) is 0 Å². The Morgan fingerprint density at radius 3 is 2.62 bits per heavy atom. The third-order valence-electron chi connectivity index (χ3n) is 5.26. The Hall–Kier alpha value is -2.54. The number of thiophene rings is 1. The van der Waals surface area contributed by atoms with Crippen molar-refractivity contribution in [2.45, 2.75) is 19.4 Å². The molecule has 3 heterocycles. The fourth-order valence-electron chi connectivity index (χ4n) is 3.77. The van der Waals surface area contributed by atoms with Crippen LogP contribution in [0.25, 0.3) is 0 Å².